The van der Waals surface area contributed by atoms with Crippen LogP contribution in [-0.4, -0.2) is 5.78 Å². The minimum atomic E-state index is 0.0359. The van der Waals surface area contributed by atoms with Crippen LogP contribution in [0.5, 0.6) is 0 Å². The molecule has 0 heterocycles. The lowest BCUT2D eigenvalue weighted by atomic mass is 9.78. The second kappa shape index (κ2) is 3.88. The Balaban J connectivity index is 2.65. The number of hydrogen-bond donors (Lipinski definition) is 0. The summed E-state index contributed by atoms with van der Waals surface area (Å²) in [6.07, 6.45) is 7.99. The Morgan fingerprint density at radius 3 is 2.50 bits per heavy atom. The molecule has 0 bridgehead atoms. The van der Waals surface area contributed by atoms with E-state index < -0.39 is 0 Å². The van der Waals surface area contributed by atoms with E-state index in [4.69, 9.17) is 0 Å². The molecule has 0 amide bonds. The Kier molecular flexibility index (Phi) is 3.07. The number of Topliss-reactive ketones (excluding diaryl/α,β-unsaturated/α-hetero) is 1. The van der Waals surface area contributed by atoms with Crippen molar-refractivity contribution in [3.63, 3.8) is 0 Å². The second-order valence-corrected chi connectivity index (χ2v) is 3.76. The Hall–Kier alpha value is -0.590. The maximum absolute atomic E-state index is 11.7. The highest BCUT2D eigenvalue weighted by molar-refractivity contribution is 5.86. The minimum absolute atomic E-state index is 0.0359. The van der Waals surface area contributed by atoms with Crippen molar-refractivity contribution in [2.45, 2.75) is 45.4 Å². The maximum atomic E-state index is 11.7. The van der Waals surface area contributed by atoms with Crippen molar-refractivity contribution in [2.24, 2.45) is 5.41 Å². The van der Waals surface area contributed by atoms with Crippen molar-refractivity contribution >= 4 is 5.78 Å². The molecular weight excluding hydrogens is 148 g/mol. The average Bonchev–Trinajstić information content (AvgIpc) is 2.54. The van der Waals surface area contributed by atoms with Crippen LogP contribution >= 0.6 is 0 Å². The molecule has 1 aliphatic rings. The van der Waals surface area contributed by atoms with E-state index in [-0.39, 0.29) is 5.41 Å². The Morgan fingerprint density at radius 1 is 1.50 bits per heavy atom. The van der Waals surface area contributed by atoms with Gasteiger partial charge in [-0.05, 0) is 19.3 Å². The zero-order valence-electron chi connectivity index (χ0n) is 7.94. The van der Waals surface area contributed by atoms with Gasteiger partial charge in [0.2, 0.25) is 0 Å². The molecule has 0 unspecified atom stereocenters. The number of ketones is 1. The zero-order valence-corrected chi connectivity index (χ0v) is 7.94. The molecule has 0 spiro atoms. The normalized spacial score (nSPS) is 20.8. The van der Waals surface area contributed by atoms with Crippen LogP contribution in [0.3, 0.4) is 0 Å². The molecule has 1 fully saturated rings. The van der Waals surface area contributed by atoms with Crippen molar-refractivity contribution < 1.29 is 4.79 Å². The molecule has 0 aromatic heterocycles. The van der Waals surface area contributed by atoms with Gasteiger partial charge in [0.15, 0.2) is 0 Å². The minimum Gasteiger partial charge on any atom is -0.299 e. The highest BCUT2D eigenvalue weighted by atomic mass is 16.1. The first-order valence-electron chi connectivity index (χ1n) is 4.89. The maximum Gasteiger partial charge on any atom is 0.142 e. The molecular formula is C11H18O. The molecule has 0 atom stereocenters. The molecule has 1 aliphatic carbocycles. The summed E-state index contributed by atoms with van der Waals surface area (Å²) in [6.45, 7) is 5.75. The van der Waals surface area contributed by atoms with Crippen LogP contribution in [0.4, 0.5) is 0 Å². The molecule has 1 heteroatoms. The summed E-state index contributed by atoms with van der Waals surface area (Å²) in [4.78, 5) is 11.7. The summed E-state index contributed by atoms with van der Waals surface area (Å²) >= 11 is 0. The van der Waals surface area contributed by atoms with E-state index in [9.17, 15) is 4.79 Å². The molecule has 0 saturated heterocycles. The van der Waals surface area contributed by atoms with Crippen molar-refractivity contribution in [3.8, 4) is 0 Å². The quantitative estimate of drug-likeness (QED) is 0.586. The van der Waals surface area contributed by atoms with Gasteiger partial charge in [-0.2, -0.15) is 0 Å². The molecule has 0 aliphatic heterocycles. The van der Waals surface area contributed by atoms with Crippen LogP contribution in [0.25, 0.3) is 0 Å². The summed E-state index contributed by atoms with van der Waals surface area (Å²) < 4.78 is 0. The molecule has 0 aromatic rings. The first kappa shape index (κ1) is 9.50. The van der Waals surface area contributed by atoms with Crippen LogP contribution in [-0.2, 0) is 4.79 Å². The van der Waals surface area contributed by atoms with Crippen LogP contribution in [0.15, 0.2) is 12.7 Å². The SMILES string of the molecule is C=CCC(=O)C1(CC)CCCC1. The van der Waals surface area contributed by atoms with Gasteiger partial charge in [0, 0.05) is 11.8 Å². The lowest BCUT2D eigenvalue weighted by Gasteiger charge is -2.24. The Labute approximate surface area is 74.9 Å². The molecule has 68 valence electrons. The average molecular weight is 166 g/mol. The highest BCUT2D eigenvalue weighted by Crippen LogP contribution is 2.42. The third-order valence-electron chi connectivity index (χ3n) is 3.16. The van der Waals surface area contributed by atoms with Gasteiger partial charge >= 0.3 is 0 Å². The molecule has 1 rings (SSSR count). The molecule has 0 radical (unpaired) electrons. The van der Waals surface area contributed by atoms with E-state index in [1.165, 1.54) is 12.8 Å². The van der Waals surface area contributed by atoms with Crippen LogP contribution in [0.2, 0.25) is 0 Å². The fraction of sp³-hybridized carbons (Fsp3) is 0.727. The van der Waals surface area contributed by atoms with Gasteiger partial charge in [-0.15, -0.1) is 6.58 Å². The topological polar surface area (TPSA) is 17.1 Å². The lowest BCUT2D eigenvalue weighted by molar-refractivity contribution is -0.127. The third kappa shape index (κ3) is 1.60. The third-order valence-corrected chi connectivity index (χ3v) is 3.16. The standard InChI is InChI=1S/C11H18O/c1-3-7-10(12)11(4-2)8-5-6-9-11/h3H,1,4-9H2,2H3. The molecule has 12 heavy (non-hydrogen) atoms. The Morgan fingerprint density at radius 2 is 2.08 bits per heavy atom. The summed E-state index contributed by atoms with van der Waals surface area (Å²) in [5.41, 5.74) is 0.0359. The predicted octanol–water partition coefficient (Wildman–Crippen LogP) is 3.10. The lowest BCUT2D eigenvalue weighted by Crippen LogP contribution is -2.26. The number of hydrogen-bond acceptors (Lipinski definition) is 1. The van der Waals surface area contributed by atoms with Gasteiger partial charge in [-0.25, -0.2) is 0 Å². The van der Waals surface area contributed by atoms with Crippen LogP contribution in [0, 0.1) is 5.41 Å². The van der Waals surface area contributed by atoms with Crippen molar-refractivity contribution in [1.82, 2.24) is 0 Å². The van der Waals surface area contributed by atoms with E-state index in [0.717, 1.165) is 19.3 Å². The first-order chi connectivity index (χ1) is 5.75. The van der Waals surface area contributed by atoms with E-state index >= 15 is 0 Å². The van der Waals surface area contributed by atoms with Crippen LogP contribution < -0.4 is 0 Å². The Bertz CT molecular complexity index is 175. The second-order valence-electron chi connectivity index (χ2n) is 3.76. The van der Waals surface area contributed by atoms with Gasteiger partial charge < -0.3 is 0 Å². The van der Waals surface area contributed by atoms with Crippen molar-refractivity contribution in [2.75, 3.05) is 0 Å². The number of carbonyl (C=O) groups excluding carboxylic acids is 1. The number of rotatable bonds is 4. The van der Waals surface area contributed by atoms with Gasteiger partial charge in [-0.3, -0.25) is 4.79 Å². The van der Waals surface area contributed by atoms with Gasteiger partial charge in [0.25, 0.3) is 0 Å². The van der Waals surface area contributed by atoms with Gasteiger partial charge in [0.1, 0.15) is 5.78 Å². The predicted molar refractivity (Wildman–Crippen MR) is 51.0 cm³/mol. The summed E-state index contributed by atoms with van der Waals surface area (Å²) in [6, 6.07) is 0. The van der Waals surface area contributed by atoms with E-state index in [0.29, 0.717) is 12.2 Å². The van der Waals surface area contributed by atoms with E-state index in [1.54, 1.807) is 6.08 Å². The summed E-state index contributed by atoms with van der Waals surface area (Å²) in [7, 11) is 0. The van der Waals surface area contributed by atoms with Crippen molar-refractivity contribution in [3.05, 3.63) is 12.7 Å². The largest absolute Gasteiger partial charge is 0.299 e. The van der Waals surface area contributed by atoms with Gasteiger partial charge in [0.05, 0.1) is 0 Å². The fourth-order valence-electron chi connectivity index (χ4n) is 2.23. The van der Waals surface area contributed by atoms with Crippen LogP contribution in [0.1, 0.15) is 45.4 Å². The zero-order chi connectivity index (χ0) is 9.03. The van der Waals surface area contributed by atoms with Crippen molar-refractivity contribution in [1.29, 1.82) is 0 Å². The van der Waals surface area contributed by atoms with E-state index in [2.05, 4.69) is 13.5 Å². The molecule has 0 aromatic carbocycles. The molecule has 1 saturated carbocycles. The number of allylic oxidation sites excluding steroid dienone is 1. The highest BCUT2D eigenvalue weighted by Gasteiger charge is 2.37. The monoisotopic (exact) mass is 166 g/mol. The fourth-order valence-corrected chi connectivity index (χ4v) is 2.23. The number of carbonyl (C=O) groups is 1. The summed E-state index contributed by atoms with van der Waals surface area (Å²) in [5.74, 6) is 0.414. The molecule has 1 nitrogen and oxygen atoms in total. The van der Waals surface area contributed by atoms with E-state index in [1.807, 2.05) is 0 Å². The smallest absolute Gasteiger partial charge is 0.142 e. The summed E-state index contributed by atoms with van der Waals surface area (Å²) in [5, 5.41) is 0. The first-order valence-corrected chi connectivity index (χ1v) is 4.89. The van der Waals surface area contributed by atoms with Gasteiger partial charge in [-0.1, -0.05) is 25.8 Å². The molecule has 0 N–H and O–H groups in total.